The lowest BCUT2D eigenvalue weighted by molar-refractivity contribution is -0.139. The molecular weight excluding hydrogens is 264 g/mol. The first-order valence-electron chi connectivity index (χ1n) is 7.91. The molecule has 0 spiro atoms. The fraction of sp³-hybridized carbons (Fsp3) is 0.500. The Hall–Kier alpha value is -1.77. The van der Waals surface area contributed by atoms with Gasteiger partial charge in [-0.25, -0.2) is 4.79 Å². The number of esters is 1. The molecule has 114 valence electrons. The van der Waals surface area contributed by atoms with Crippen LogP contribution in [-0.2, 0) is 9.53 Å². The molecule has 0 amide bonds. The second-order valence-electron chi connectivity index (χ2n) is 5.40. The number of para-hydroxylation sites is 1. The second kappa shape index (κ2) is 8.50. The summed E-state index contributed by atoms with van der Waals surface area (Å²) >= 11 is 0. The van der Waals surface area contributed by atoms with Crippen LogP contribution in [0.1, 0.15) is 51.0 Å². The normalized spacial score (nSPS) is 13.1. The summed E-state index contributed by atoms with van der Waals surface area (Å²) in [6.07, 6.45) is 8.99. The molecule has 1 aromatic rings. The largest absolute Gasteiger partial charge is 0.488 e. The van der Waals surface area contributed by atoms with Crippen molar-refractivity contribution in [2.45, 2.75) is 45.4 Å². The molecule has 1 aliphatic heterocycles. The molecule has 0 fully saturated rings. The Morgan fingerprint density at radius 1 is 1.14 bits per heavy atom. The standard InChI is InChI=1S/C18H24O3/c1-2-3-4-5-6-9-12-20-18(19)16-13-15-10-7-8-11-17(15)21-14-16/h7-8,10-11,13H,2-6,9,12,14H2,1H3. The number of ether oxygens (including phenoxy) is 2. The fourth-order valence-electron chi connectivity index (χ4n) is 2.37. The van der Waals surface area contributed by atoms with Crippen LogP contribution in [0, 0.1) is 0 Å². The zero-order valence-electron chi connectivity index (χ0n) is 12.8. The molecule has 0 bridgehead atoms. The van der Waals surface area contributed by atoms with Crippen molar-refractivity contribution in [3.63, 3.8) is 0 Å². The molecule has 1 heterocycles. The van der Waals surface area contributed by atoms with Crippen LogP contribution in [-0.4, -0.2) is 19.2 Å². The van der Waals surface area contributed by atoms with Gasteiger partial charge >= 0.3 is 5.97 Å². The van der Waals surface area contributed by atoms with Crippen molar-refractivity contribution in [3.8, 4) is 5.75 Å². The molecule has 0 atom stereocenters. The summed E-state index contributed by atoms with van der Waals surface area (Å²) in [6.45, 7) is 3.01. The van der Waals surface area contributed by atoms with Crippen LogP contribution < -0.4 is 4.74 Å². The molecule has 1 aliphatic rings. The molecule has 0 aliphatic carbocycles. The van der Waals surface area contributed by atoms with Crippen LogP contribution >= 0.6 is 0 Å². The Balaban J connectivity index is 1.71. The molecule has 3 nitrogen and oxygen atoms in total. The monoisotopic (exact) mass is 288 g/mol. The number of hydrogen-bond acceptors (Lipinski definition) is 3. The Bertz CT molecular complexity index is 491. The Labute approximate surface area is 127 Å². The Morgan fingerprint density at radius 2 is 1.90 bits per heavy atom. The maximum Gasteiger partial charge on any atom is 0.337 e. The first kappa shape index (κ1) is 15.6. The van der Waals surface area contributed by atoms with Gasteiger partial charge in [0.1, 0.15) is 12.4 Å². The molecule has 0 N–H and O–H groups in total. The van der Waals surface area contributed by atoms with Crippen molar-refractivity contribution < 1.29 is 14.3 Å². The van der Waals surface area contributed by atoms with Crippen molar-refractivity contribution in [2.24, 2.45) is 0 Å². The third kappa shape index (κ3) is 4.92. The Morgan fingerprint density at radius 3 is 2.76 bits per heavy atom. The number of benzene rings is 1. The van der Waals surface area contributed by atoms with Gasteiger partial charge in [-0.15, -0.1) is 0 Å². The van der Waals surface area contributed by atoms with Crippen LogP contribution in [0.4, 0.5) is 0 Å². The topological polar surface area (TPSA) is 35.5 Å². The molecule has 0 radical (unpaired) electrons. The van der Waals surface area contributed by atoms with E-state index in [9.17, 15) is 4.79 Å². The zero-order valence-corrected chi connectivity index (χ0v) is 12.8. The zero-order chi connectivity index (χ0) is 14.9. The van der Waals surface area contributed by atoms with Gasteiger partial charge in [-0.05, 0) is 18.6 Å². The molecule has 0 saturated carbocycles. The number of hydrogen-bond donors (Lipinski definition) is 0. The van der Waals surface area contributed by atoms with Gasteiger partial charge in [-0.2, -0.15) is 0 Å². The lowest BCUT2D eigenvalue weighted by Crippen LogP contribution is -2.17. The van der Waals surface area contributed by atoms with Gasteiger partial charge in [0, 0.05) is 5.56 Å². The van der Waals surface area contributed by atoms with Gasteiger partial charge in [-0.1, -0.05) is 57.2 Å². The van der Waals surface area contributed by atoms with E-state index in [2.05, 4.69) is 6.92 Å². The van der Waals surface area contributed by atoms with Gasteiger partial charge in [0.25, 0.3) is 0 Å². The van der Waals surface area contributed by atoms with E-state index in [1.165, 1.54) is 25.7 Å². The van der Waals surface area contributed by atoms with Gasteiger partial charge in [0.05, 0.1) is 12.2 Å². The third-order valence-electron chi connectivity index (χ3n) is 3.63. The summed E-state index contributed by atoms with van der Waals surface area (Å²) in [6, 6.07) is 7.71. The van der Waals surface area contributed by atoms with Gasteiger partial charge < -0.3 is 9.47 Å². The minimum absolute atomic E-state index is 0.252. The maximum atomic E-state index is 12.0. The number of unbranched alkanes of at least 4 members (excludes halogenated alkanes) is 5. The van der Waals surface area contributed by atoms with E-state index in [0.717, 1.165) is 24.2 Å². The minimum atomic E-state index is -0.252. The average molecular weight is 288 g/mol. The number of fused-ring (bicyclic) bond motifs is 1. The smallest absolute Gasteiger partial charge is 0.337 e. The summed E-state index contributed by atoms with van der Waals surface area (Å²) in [5, 5.41) is 0. The summed E-state index contributed by atoms with van der Waals surface area (Å²) in [5.74, 6) is 0.572. The first-order chi connectivity index (χ1) is 10.3. The molecule has 0 aromatic heterocycles. The van der Waals surface area contributed by atoms with Crippen molar-refractivity contribution in [2.75, 3.05) is 13.2 Å². The van der Waals surface area contributed by atoms with E-state index in [4.69, 9.17) is 9.47 Å². The van der Waals surface area contributed by atoms with E-state index in [0.29, 0.717) is 18.8 Å². The average Bonchev–Trinajstić information content (AvgIpc) is 2.53. The van der Waals surface area contributed by atoms with E-state index in [-0.39, 0.29) is 5.97 Å². The Kier molecular flexibility index (Phi) is 6.32. The molecule has 21 heavy (non-hydrogen) atoms. The fourth-order valence-corrected chi connectivity index (χ4v) is 2.37. The molecule has 3 heteroatoms. The van der Waals surface area contributed by atoms with Crippen LogP contribution in [0.25, 0.3) is 6.08 Å². The van der Waals surface area contributed by atoms with Gasteiger partial charge in [0.2, 0.25) is 0 Å². The number of carbonyl (C=O) groups excluding carboxylic acids is 1. The predicted octanol–water partition coefficient (Wildman–Crippen LogP) is 4.37. The summed E-state index contributed by atoms with van der Waals surface area (Å²) in [7, 11) is 0. The lowest BCUT2D eigenvalue weighted by Gasteiger charge is -2.16. The number of rotatable bonds is 8. The summed E-state index contributed by atoms with van der Waals surface area (Å²) in [4.78, 5) is 12.0. The highest BCUT2D eigenvalue weighted by atomic mass is 16.5. The predicted molar refractivity (Wildman–Crippen MR) is 84.2 cm³/mol. The van der Waals surface area contributed by atoms with Crippen molar-refractivity contribution in [1.29, 1.82) is 0 Å². The van der Waals surface area contributed by atoms with Crippen molar-refractivity contribution in [3.05, 3.63) is 35.4 Å². The van der Waals surface area contributed by atoms with Crippen LogP contribution in [0.2, 0.25) is 0 Å². The quantitative estimate of drug-likeness (QED) is 0.526. The van der Waals surface area contributed by atoms with E-state index in [1.807, 2.05) is 30.3 Å². The SMILES string of the molecule is CCCCCCCCOC(=O)C1=Cc2ccccc2OC1. The molecule has 1 aromatic carbocycles. The lowest BCUT2D eigenvalue weighted by atomic mass is 10.1. The highest BCUT2D eigenvalue weighted by Gasteiger charge is 2.17. The van der Waals surface area contributed by atoms with Crippen LogP contribution in [0.3, 0.4) is 0 Å². The summed E-state index contributed by atoms with van der Waals surface area (Å²) in [5.41, 5.74) is 1.54. The summed E-state index contributed by atoms with van der Waals surface area (Å²) < 4.78 is 10.9. The van der Waals surface area contributed by atoms with E-state index in [1.54, 1.807) is 0 Å². The molecule has 2 rings (SSSR count). The maximum absolute atomic E-state index is 12.0. The van der Waals surface area contributed by atoms with Crippen molar-refractivity contribution >= 4 is 12.0 Å². The van der Waals surface area contributed by atoms with E-state index < -0.39 is 0 Å². The molecule has 0 saturated heterocycles. The second-order valence-corrected chi connectivity index (χ2v) is 5.40. The highest BCUT2D eigenvalue weighted by Crippen LogP contribution is 2.26. The highest BCUT2D eigenvalue weighted by molar-refractivity contribution is 5.95. The van der Waals surface area contributed by atoms with Crippen LogP contribution in [0.15, 0.2) is 29.8 Å². The molecule has 0 unspecified atom stereocenters. The van der Waals surface area contributed by atoms with Gasteiger partial charge in [-0.3, -0.25) is 0 Å². The third-order valence-corrected chi connectivity index (χ3v) is 3.63. The number of carbonyl (C=O) groups is 1. The first-order valence-corrected chi connectivity index (χ1v) is 7.91. The van der Waals surface area contributed by atoms with Crippen molar-refractivity contribution in [1.82, 2.24) is 0 Å². The van der Waals surface area contributed by atoms with E-state index >= 15 is 0 Å². The van der Waals surface area contributed by atoms with Crippen LogP contribution in [0.5, 0.6) is 5.75 Å². The van der Waals surface area contributed by atoms with Gasteiger partial charge in [0.15, 0.2) is 0 Å². The molecular formula is C18H24O3. The minimum Gasteiger partial charge on any atom is -0.488 e.